The first-order valence-electron chi connectivity index (χ1n) is 11.7. The van der Waals surface area contributed by atoms with Gasteiger partial charge in [-0.3, -0.25) is 9.69 Å². The van der Waals surface area contributed by atoms with Gasteiger partial charge in [0.05, 0.1) is 4.70 Å². The smallest absolute Gasteiger partial charge is 0.251 e. The lowest BCUT2D eigenvalue weighted by atomic mass is 9.89. The van der Waals surface area contributed by atoms with Crippen molar-refractivity contribution >= 4 is 38.3 Å². The predicted molar refractivity (Wildman–Crippen MR) is 133 cm³/mol. The zero-order valence-electron chi connectivity index (χ0n) is 18.3. The second-order valence-electron chi connectivity index (χ2n) is 9.08. The van der Waals surface area contributed by atoms with E-state index in [2.05, 4.69) is 57.2 Å². The van der Waals surface area contributed by atoms with Gasteiger partial charge < -0.3 is 9.88 Å². The van der Waals surface area contributed by atoms with Crippen molar-refractivity contribution in [2.45, 2.75) is 32.1 Å². The fourth-order valence-electron chi connectivity index (χ4n) is 5.33. The van der Waals surface area contributed by atoms with Crippen LogP contribution in [0.1, 0.15) is 29.5 Å². The summed E-state index contributed by atoms with van der Waals surface area (Å²) >= 11 is 1.60. The van der Waals surface area contributed by atoms with Crippen LogP contribution in [0.15, 0.2) is 47.3 Å². The Bertz CT molecular complexity index is 1330. The Morgan fingerprint density at radius 3 is 2.62 bits per heavy atom. The number of anilines is 1. The van der Waals surface area contributed by atoms with E-state index in [1.807, 2.05) is 0 Å². The summed E-state index contributed by atoms with van der Waals surface area (Å²) in [7, 11) is 0. The molecule has 1 fully saturated rings. The van der Waals surface area contributed by atoms with Crippen LogP contribution in [-0.4, -0.2) is 47.0 Å². The number of hydrogen-bond acceptors (Lipinski definition) is 5. The maximum atomic E-state index is 12.4. The summed E-state index contributed by atoms with van der Waals surface area (Å²) < 4.78 is 6.00. The number of hydrogen-bond donors (Lipinski definition) is 1. The van der Waals surface area contributed by atoms with E-state index < -0.39 is 0 Å². The van der Waals surface area contributed by atoms with Gasteiger partial charge in [-0.05, 0) is 79.0 Å². The molecule has 1 N–H and O–H groups in total. The third-order valence-corrected chi connectivity index (χ3v) is 7.96. The SMILES string of the molecule is O=c1[nH]c2ccc(CCN3CCN(c4nsc5ccccc45)CC3)cc2c2c1CCCC2. The highest BCUT2D eigenvalue weighted by molar-refractivity contribution is 7.13. The highest BCUT2D eigenvalue weighted by atomic mass is 32.1. The minimum absolute atomic E-state index is 0.116. The molecule has 1 aliphatic carbocycles. The molecule has 6 rings (SSSR count). The summed E-state index contributed by atoms with van der Waals surface area (Å²) in [4.78, 5) is 20.5. The van der Waals surface area contributed by atoms with Crippen molar-refractivity contribution in [2.75, 3.05) is 37.6 Å². The Hall–Kier alpha value is -2.70. The van der Waals surface area contributed by atoms with Gasteiger partial charge in [0.15, 0.2) is 0 Å². The molecule has 2 aromatic heterocycles. The molecule has 1 aliphatic heterocycles. The monoisotopic (exact) mass is 444 g/mol. The maximum Gasteiger partial charge on any atom is 0.251 e. The molecule has 4 aromatic rings. The number of H-pyrrole nitrogens is 1. The molecule has 0 amide bonds. The molecule has 1 saturated heterocycles. The molecule has 0 radical (unpaired) electrons. The van der Waals surface area contributed by atoms with Gasteiger partial charge in [-0.25, -0.2) is 0 Å². The molecule has 0 spiro atoms. The van der Waals surface area contributed by atoms with E-state index in [0.29, 0.717) is 0 Å². The Labute approximate surface area is 191 Å². The van der Waals surface area contributed by atoms with E-state index in [4.69, 9.17) is 4.37 Å². The number of benzene rings is 2. The number of aromatic amines is 1. The van der Waals surface area contributed by atoms with E-state index in [0.717, 1.165) is 75.3 Å². The molecular weight excluding hydrogens is 416 g/mol. The molecule has 2 aromatic carbocycles. The van der Waals surface area contributed by atoms with E-state index in [1.54, 1.807) is 11.5 Å². The number of piperazine rings is 1. The number of rotatable bonds is 4. The molecular formula is C26H28N4OS. The van der Waals surface area contributed by atoms with Gasteiger partial charge in [0.2, 0.25) is 0 Å². The topological polar surface area (TPSA) is 52.2 Å². The highest BCUT2D eigenvalue weighted by Gasteiger charge is 2.21. The van der Waals surface area contributed by atoms with Gasteiger partial charge in [0, 0.05) is 54.6 Å². The van der Waals surface area contributed by atoms with Crippen LogP contribution in [0, 0.1) is 0 Å². The molecule has 0 unspecified atom stereocenters. The van der Waals surface area contributed by atoms with Gasteiger partial charge >= 0.3 is 0 Å². The van der Waals surface area contributed by atoms with Crippen molar-refractivity contribution < 1.29 is 0 Å². The summed E-state index contributed by atoms with van der Waals surface area (Å²) in [6, 6.07) is 15.1. The number of nitrogens with zero attached hydrogens (tertiary/aromatic N) is 3. The second-order valence-corrected chi connectivity index (χ2v) is 9.88. The fraction of sp³-hybridized carbons (Fsp3) is 0.385. The highest BCUT2D eigenvalue weighted by Crippen LogP contribution is 2.30. The van der Waals surface area contributed by atoms with Crippen LogP contribution in [0.4, 0.5) is 5.82 Å². The molecule has 3 heterocycles. The Morgan fingerprint density at radius 2 is 1.75 bits per heavy atom. The van der Waals surface area contributed by atoms with Crippen molar-refractivity contribution in [3.8, 4) is 0 Å². The minimum atomic E-state index is 0.116. The summed E-state index contributed by atoms with van der Waals surface area (Å²) in [5, 5.41) is 2.54. The summed E-state index contributed by atoms with van der Waals surface area (Å²) in [5.41, 5.74) is 4.78. The summed E-state index contributed by atoms with van der Waals surface area (Å²) in [6.45, 7) is 5.27. The van der Waals surface area contributed by atoms with Crippen LogP contribution in [0.2, 0.25) is 0 Å². The standard InChI is InChI=1S/C26H28N4OS/c31-26-20-6-2-1-5-19(20)22-17-18(9-10-23(22)27-26)11-12-29-13-15-30(16-14-29)25-21-7-3-4-8-24(21)32-28-25/h3-4,7-10,17H,1-2,5-6,11-16H2,(H,27,31). The van der Waals surface area contributed by atoms with Crippen LogP contribution >= 0.6 is 11.5 Å². The van der Waals surface area contributed by atoms with Gasteiger partial charge in [0.1, 0.15) is 5.82 Å². The zero-order valence-corrected chi connectivity index (χ0v) is 19.1. The normalized spacial score (nSPS) is 17.2. The Morgan fingerprint density at radius 1 is 0.938 bits per heavy atom. The number of aromatic nitrogens is 2. The average Bonchev–Trinajstić information content (AvgIpc) is 3.28. The molecule has 32 heavy (non-hydrogen) atoms. The van der Waals surface area contributed by atoms with Crippen LogP contribution in [0.5, 0.6) is 0 Å². The fourth-order valence-corrected chi connectivity index (χ4v) is 6.12. The lowest BCUT2D eigenvalue weighted by Crippen LogP contribution is -2.47. The summed E-state index contributed by atoms with van der Waals surface area (Å²) in [5.74, 6) is 1.15. The van der Waals surface area contributed by atoms with Gasteiger partial charge in [-0.1, -0.05) is 18.2 Å². The van der Waals surface area contributed by atoms with Crippen molar-refractivity contribution in [1.29, 1.82) is 0 Å². The molecule has 2 aliphatic rings. The molecule has 0 atom stereocenters. The quantitative estimate of drug-likeness (QED) is 0.508. The molecule has 6 heteroatoms. The van der Waals surface area contributed by atoms with Crippen LogP contribution in [0.25, 0.3) is 21.0 Å². The third-order valence-electron chi connectivity index (χ3n) is 7.15. The van der Waals surface area contributed by atoms with Crippen LogP contribution in [0.3, 0.4) is 0 Å². The van der Waals surface area contributed by atoms with Crippen LogP contribution in [-0.2, 0) is 19.3 Å². The van der Waals surface area contributed by atoms with Crippen molar-refractivity contribution in [2.24, 2.45) is 0 Å². The molecule has 0 saturated carbocycles. The van der Waals surface area contributed by atoms with Gasteiger partial charge in [0.25, 0.3) is 5.56 Å². The second kappa shape index (κ2) is 8.34. The number of fused-ring (bicyclic) bond motifs is 4. The van der Waals surface area contributed by atoms with E-state index in [9.17, 15) is 4.79 Å². The largest absolute Gasteiger partial charge is 0.353 e. The Kier molecular flexibility index (Phi) is 5.20. The van der Waals surface area contributed by atoms with E-state index in [1.165, 1.54) is 33.0 Å². The lowest BCUT2D eigenvalue weighted by molar-refractivity contribution is 0.261. The predicted octanol–water partition coefficient (Wildman–Crippen LogP) is 4.38. The number of pyridine rings is 1. The third kappa shape index (κ3) is 3.61. The van der Waals surface area contributed by atoms with E-state index in [-0.39, 0.29) is 5.56 Å². The zero-order chi connectivity index (χ0) is 21.5. The lowest BCUT2D eigenvalue weighted by Gasteiger charge is -2.35. The van der Waals surface area contributed by atoms with E-state index >= 15 is 0 Å². The average molecular weight is 445 g/mol. The van der Waals surface area contributed by atoms with Gasteiger partial charge in [-0.2, -0.15) is 4.37 Å². The molecule has 164 valence electrons. The first-order valence-corrected chi connectivity index (χ1v) is 12.5. The Balaban J connectivity index is 1.13. The van der Waals surface area contributed by atoms with Crippen molar-refractivity contribution in [1.82, 2.24) is 14.3 Å². The molecule has 5 nitrogen and oxygen atoms in total. The van der Waals surface area contributed by atoms with Crippen LogP contribution < -0.4 is 10.5 Å². The summed E-state index contributed by atoms with van der Waals surface area (Å²) in [6.07, 6.45) is 5.32. The first kappa shape index (κ1) is 19.9. The maximum absolute atomic E-state index is 12.4. The van der Waals surface area contributed by atoms with Gasteiger partial charge in [-0.15, -0.1) is 0 Å². The first-order chi connectivity index (χ1) is 15.8. The van der Waals surface area contributed by atoms with Crippen molar-refractivity contribution in [3.63, 3.8) is 0 Å². The van der Waals surface area contributed by atoms with Crippen molar-refractivity contribution in [3.05, 3.63) is 69.5 Å². The number of nitrogens with one attached hydrogen (secondary N) is 1. The molecule has 0 bridgehead atoms. The number of aryl methyl sites for hydroxylation is 1. The minimum Gasteiger partial charge on any atom is -0.353 e.